The summed E-state index contributed by atoms with van der Waals surface area (Å²) in [6.07, 6.45) is 6.60. The van der Waals surface area contributed by atoms with Gasteiger partial charge in [-0.15, -0.1) is 0 Å². The molecule has 0 aromatic heterocycles. The van der Waals surface area contributed by atoms with Gasteiger partial charge in [-0.05, 0) is 12.5 Å². The number of ether oxygens (including phenoxy) is 2. The smallest absolute Gasteiger partial charge is 0.0721 e. The van der Waals surface area contributed by atoms with Crippen molar-refractivity contribution in [2.45, 2.75) is 12.5 Å². The van der Waals surface area contributed by atoms with Crippen LogP contribution >= 0.6 is 0 Å². The van der Waals surface area contributed by atoms with Crippen molar-refractivity contribution in [3.63, 3.8) is 0 Å². The van der Waals surface area contributed by atoms with Gasteiger partial charge in [-0.2, -0.15) is 0 Å². The molecule has 0 saturated carbocycles. The quantitative estimate of drug-likeness (QED) is 0.493. The van der Waals surface area contributed by atoms with E-state index in [0.717, 1.165) is 19.6 Å². The Hall–Kier alpha value is -0.340. The second kappa shape index (κ2) is 2.72. The molecule has 2 aliphatic heterocycles. The van der Waals surface area contributed by atoms with E-state index in [-0.39, 0.29) is 0 Å². The van der Waals surface area contributed by atoms with Crippen LogP contribution in [0.4, 0.5) is 0 Å². The fourth-order valence-corrected chi connectivity index (χ4v) is 1.46. The molecule has 2 unspecified atom stereocenters. The average Bonchev–Trinajstić information content (AvgIpc) is 2.05. The van der Waals surface area contributed by atoms with Gasteiger partial charge in [0, 0.05) is 12.5 Å². The van der Waals surface area contributed by atoms with E-state index in [2.05, 4.69) is 12.2 Å². The van der Waals surface area contributed by atoms with Crippen LogP contribution in [0, 0.1) is 12.0 Å². The lowest BCUT2D eigenvalue weighted by Crippen LogP contribution is -2.35. The second-order valence-electron chi connectivity index (χ2n) is 2.75. The van der Waals surface area contributed by atoms with Crippen molar-refractivity contribution in [2.24, 2.45) is 5.92 Å². The Bertz CT molecular complexity index is 142. The molecule has 0 aromatic rings. The Morgan fingerprint density at radius 1 is 1.50 bits per heavy atom. The number of rotatable bonds is 0. The normalized spacial score (nSPS) is 39.2. The van der Waals surface area contributed by atoms with Gasteiger partial charge in [0.2, 0.25) is 0 Å². The van der Waals surface area contributed by atoms with Gasteiger partial charge in [0.25, 0.3) is 0 Å². The molecular formula is C8H11O2. The standard InChI is InChI=1S/C8H11O2/c1-2-7-6-9-5-3-8(7)10-4-1/h2,7-8H,3-6H2. The van der Waals surface area contributed by atoms with Crippen LogP contribution in [0.2, 0.25) is 0 Å². The van der Waals surface area contributed by atoms with E-state index < -0.39 is 0 Å². The maximum absolute atomic E-state index is 5.46. The molecule has 0 amide bonds. The van der Waals surface area contributed by atoms with E-state index in [1.165, 1.54) is 0 Å². The van der Waals surface area contributed by atoms with E-state index in [1.54, 1.807) is 0 Å². The third-order valence-corrected chi connectivity index (χ3v) is 2.05. The van der Waals surface area contributed by atoms with Crippen molar-refractivity contribution >= 4 is 0 Å². The molecule has 0 N–H and O–H groups in total. The summed E-state index contributed by atoms with van der Waals surface area (Å²) in [5.74, 6) is 0.475. The molecule has 1 fully saturated rings. The van der Waals surface area contributed by atoms with Crippen LogP contribution in [-0.2, 0) is 9.47 Å². The maximum Gasteiger partial charge on any atom is 0.0721 e. The maximum atomic E-state index is 5.46. The molecule has 10 heavy (non-hydrogen) atoms. The molecule has 1 saturated heterocycles. The fourth-order valence-electron chi connectivity index (χ4n) is 1.46. The largest absolute Gasteiger partial charge is 0.381 e. The Labute approximate surface area is 60.8 Å². The predicted molar refractivity (Wildman–Crippen MR) is 36.5 cm³/mol. The number of hydrogen-bond donors (Lipinski definition) is 0. The van der Waals surface area contributed by atoms with Gasteiger partial charge in [0.1, 0.15) is 0 Å². The Morgan fingerprint density at radius 3 is 3.40 bits per heavy atom. The van der Waals surface area contributed by atoms with Crippen molar-refractivity contribution in [1.82, 2.24) is 0 Å². The average molecular weight is 139 g/mol. The monoisotopic (exact) mass is 139 g/mol. The molecule has 2 heteroatoms. The van der Waals surface area contributed by atoms with Gasteiger partial charge < -0.3 is 9.47 Å². The zero-order chi connectivity index (χ0) is 6.81. The highest BCUT2D eigenvalue weighted by Crippen LogP contribution is 2.21. The van der Waals surface area contributed by atoms with Crippen molar-refractivity contribution in [3.05, 3.63) is 12.2 Å². The second-order valence-corrected chi connectivity index (χ2v) is 2.75. The summed E-state index contributed by atoms with van der Waals surface area (Å²) in [4.78, 5) is 0. The molecule has 1 radical (unpaired) electrons. The highest BCUT2D eigenvalue weighted by Gasteiger charge is 2.25. The van der Waals surface area contributed by atoms with Crippen LogP contribution in [0.5, 0.6) is 0 Å². The molecule has 2 aliphatic rings. The molecule has 2 atom stereocenters. The lowest BCUT2D eigenvalue weighted by Gasteiger charge is -2.31. The SMILES string of the molecule is [C]1=CC2COCCC2OC1. The van der Waals surface area contributed by atoms with Crippen LogP contribution in [0.3, 0.4) is 0 Å². The summed E-state index contributed by atoms with van der Waals surface area (Å²) >= 11 is 0. The minimum absolute atomic E-state index is 0.412. The molecule has 0 aromatic carbocycles. The third kappa shape index (κ3) is 1.09. The topological polar surface area (TPSA) is 18.5 Å². The Morgan fingerprint density at radius 2 is 2.50 bits per heavy atom. The summed E-state index contributed by atoms with van der Waals surface area (Å²) in [5.41, 5.74) is 0. The summed E-state index contributed by atoms with van der Waals surface area (Å²) < 4.78 is 10.7. The van der Waals surface area contributed by atoms with E-state index in [9.17, 15) is 0 Å². The van der Waals surface area contributed by atoms with Crippen LogP contribution in [0.15, 0.2) is 6.08 Å². The Balaban J connectivity index is 2.03. The van der Waals surface area contributed by atoms with Gasteiger partial charge in [-0.3, -0.25) is 0 Å². The van der Waals surface area contributed by atoms with E-state index in [0.29, 0.717) is 18.6 Å². The van der Waals surface area contributed by atoms with Gasteiger partial charge >= 0.3 is 0 Å². The van der Waals surface area contributed by atoms with Gasteiger partial charge in [-0.25, -0.2) is 0 Å². The highest BCUT2D eigenvalue weighted by molar-refractivity contribution is 4.93. The molecule has 0 bridgehead atoms. The van der Waals surface area contributed by atoms with Crippen molar-refractivity contribution in [3.8, 4) is 0 Å². The third-order valence-electron chi connectivity index (χ3n) is 2.05. The number of fused-ring (bicyclic) bond motifs is 1. The van der Waals surface area contributed by atoms with Crippen LogP contribution in [0.1, 0.15) is 6.42 Å². The Kier molecular flexibility index (Phi) is 1.74. The molecule has 0 spiro atoms. The van der Waals surface area contributed by atoms with Gasteiger partial charge in [-0.1, -0.05) is 6.08 Å². The first-order chi connectivity index (χ1) is 4.97. The van der Waals surface area contributed by atoms with E-state index >= 15 is 0 Å². The minimum Gasteiger partial charge on any atom is -0.381 e. The fraction of sp³-hybridized carbons (Fsp3) is 0.750. The highest BCUT2D eigenvalue weighted by atomic mass is 16.5. The van der Waals surface area contributed by atoms with E-state index in [1.807, 2.05) is 0 Å². The minimum atomic E-state index is 0.412. The predicted octanol–water partition coefficient (Wildman–Crippen LogP) is 0.781. The first kappa shape index (κ1) is 6.38. The zero-order valence-corrected chi connectivity index (χ0v) is 5.88. The molecule has 55 valence electrons. The van der Waals surface area contributed by atoms with Crippen molar-refractivity contribution in [2.75, 3.05) is 19.8 Å². The molecule has 2 heterocycles. The van der Waals surface area contributed by atoms with Crippen LogP contribution < -0.4 is 0 Å². The van der Waals surface area contributed by atoms with Gasteiger partial charge in [0.15, 0.2) is 0 Å². The first-order valence-electron chi connectivity index (χ1n) is 3.73. The molecule has 2 nitrogen and oxygen atoms in total. The lowest BCUT2D eigenvalue weighted by atomic mass is 9.96. The summed E-state index contributed by atoms with van der Waals surface area (Å²) in [6, 6.07) is 0. The van der Waals surface area contributed by atoms with Crippen LogP contribution in [0.25, 0.3) is 0 Å². The van der Waals surface area contributed by atoms with E-state index in [4.69, 9.17) is 9.47 Å². The molecular weight excluding hydrogens is 128 g/mol. The zero-order valence-electron chi connectivity index (χ0n) is 5.88. The van der Waals surface area contributed by atoms with Crippen molar-refractivity contribution in [1.29, 1.82) is 0 Å². The van der Waals surface area contributed by atoms with Crippen molar-refractivity contribution < 1.29 is 9.47 Å². The van der Waals surface area contributed by atoms with Crippen LogP contribution in [-0.4, -0.2) is 25.9 Å². The molecule has 0 aliphatic carbocycles. The summed E-state index contributed by atoms with van der Waals surface area (Å²) in [6.45, 7) is 2.34. The molecule has 2 rings (SSSR count). The summed E-state index contributed by atoms with van der Waals surface area (Å²) in [7, 11) is 0. The summed E-state index contributed by atoms with van der Waals surface area (Å²) in [5, 5.41) is 0. The lowest BCUT2D eigenvalue weighted by molar-refractivity contribution is -0.0599. The van der Waals surface area contributed by atoms with Gasteiger partial charge in [0.05, 0.1) is 19.3 Å². The number of hydrogen-bond acceptors (Lipinski definition) is 2. The first-order valence-corrected chi connectivity index (χ1v) is 3.73.